The fraction of sp³-hybridized carbons (Fsp3) is 0.479. The number of carbonyl (C=O) groups excluding carboxylic acids is 3. The van der Waals surface area contributed by atoms with Crippen LogP contribution < -0.4 is 36.3 Å². The summed E-state index contributed by atoms with van der Waals surface area (Å²) in [5.74, 6) is 3.34. The molecule has 0 spiro atoms. The fourth-order valence-electron chi connectivity index (χ4n) is 9.83. The lowest BCUT2D eigenvalue weighted by Gasteiger charge is -2.43. The summed E-state index contributed by atoms with van der Waals surface area (Å²) in [6.45, 7) is 0.555. The molecular formula is C48H56N4O15. The quantitative estimate of drug-likeness (QED) is 0.0804. The summed E-state index contributed by atoms with van der Waals surface area (Å²) in [5.41, 5.74) is 9.02. The minimum atomic E-state index is -2.26. The number of esters is 1. The Kier molecular flexibility index (Phi) is 14.3. The molecule has 3 fully saturated rings. The van der Waals surface area contributed by atoms with Crippen molar-refractivity contribution >= 4 is 23.6 Å². The van der Waals surface area contributed by atoms with Crippen molar-refractivity contribution in [1.82, 2.24) is 5.32 Å². The smallest absolute Gasteiger partial charge is 0.312 e. The molecule has 3 heterocycles. The van der Waals surface area contributed by atoms with Crippen LogP contribution in [0.15, 0.2) is 84.2 Å². The monoisotopic (exact) mass is 928 g/mol. The van der Waals surface area contributed by atoms with Crippen molar-refractivity contribution in [3.8, 4) is 29.1 Å². The van der Waals surface area contributed by atoms with Gasteiger partial charge >= 0.3 is 12.0 Å². The Labute approximate surface area is 387 Å². The second-order valence-electron chi connectivity index (χ2n) is 16.8. The summed E-state index contributed by atoms with van der Waals surface area (Å²) in [5, 5.41) is 31.0. The van der Waals surface area contributed by atoms with Crippen LogP contribution in [0, 0.1) is 29.6 Å². The van der Waals surface area contributed by atoms with E-state index in [1.165, 1.54) is 27.4 Å². The van der Waals surface area contributed by atoms with Gasteiger partial charge in [0.2, 0.25) is 12.2 Å². The highest BCUT2D eigenvalue weighted by Crippen LogP contribution is 2.68. The number of primary amides is 1. The number of hydrogen-bond donors (Lipinski definition) is 6. The summed E-state index contributed by atoms with van der Waals surface area (Å²) in [7, 11) is 5.68. The van der Waals surface area contributed by atoms with Gasteiger partial charge in [-0.1, -0.05) is 48.3 Å². The summed E-state index contributed by atoms with van der Waals surface area (Å²) in [4.78, 5) is 37.3. The number of benzene rings is 2. The van der Waals surface area contributed by atoms with Crippen molar-refractivity contribution < 1.29 is 72.0 Å². The zero-order valence-corrected chi connectivity index (χ0v) is 37.5. The molecule has 67 heavy (non-hydrogen) atoms. The topological polar surface area (TPSA) is 260 Å². The van der Waals surface area contributed by atoms with Crippen molar-refractivity contribution in [3.63, 3.8) is 0 Å². The largest absolute Gasteiger partial charge is 0.501 e. The van der Waals surface area contributed by atoms with Crippen LogP contribution in [0.25, 0.3) is 0 Å². The molecule has 3 amide bonds. The number of nitrogens with one attached hydrogen (secondary N) is 2. The number of fused-ring (bicyclic) bond motifs is 3. The predicted molar refractivity (Wildman–Crippen MR) is 237 cm³/mol. The van der Waals surface area contributed by atoms with E-state index in [2.05, 4.69) is 22.5 Å². The van der Waals surface area contributed by atoms with Crippen molar-refractivity contribution in [1.29, 1.82) is 0 Å². The van der Waals surface area contributed by atoms with E-state index in [4.69, 9.17) is 58.8 Å². The highest BCUT2D eigenvalue weighted by Gasteiger charge is 2.79. The highest BCUT2D eigenvalue weighted by atomic mass is 16.8. The number of urea groups is 1. The Morgan fingerprint density at radius 3 is 2.45 bits per heavy atom. The predicted octanol–water partition coefficient (Wildman–Crippen LogP) is 2.71. The van der Waals surface area contributed by atoms with E-state index < -0.39 is 84.2 Å². The molecule has 2 aromatic carbocycles. The first-order valence-corrected chi connectivity index (χ1v) is 22.0. The maximum Gasteiger partial charge on any atom is 0.312 e. The Balaban J connectivity index is 1.01. The van der Waals surface area contributed by atoms with Crippen molar-refractivity contribution in [2.75, 3.05) is 53.5 Å². The Bertz CT molecular complexity index is 2380. The molecule has 2 saturated heterocycles. The standard InChI is InChI=1S/C48H56N4O15/c1-58-30-19-15-28(16-20-30)48-38(26-10-7-5-6-8-11-26)37(42(55)60-3)40(53)47(48,57)39-33(59-2)22-31(23-34(39)67-48)64-45-44(61-4)63-25-36(66-45)35-24-62-43(65-35)27-13-17-29(18-14-27)52-41(54)32(49)12-9-21-51-46(50)56/h5-7,10,13-15,17-19,22-23,26,32,35-38,40,43-45,53,57H,9,12,16,20-21,24-25,49H2,1-4H3,(H,52,54)(H3,50,51,56)/t26?,32-,35+,36+,37+,38?,40+,43?,44+,45+,47-,48-/m0/s1. The lowest BCUT2D eigenvalue weighted by molar-refractivity contribution is -0.323. The lowest BCUT2D eigenvalue weighted by Crippen LogP contribution is -2.57. The van der Waals surface area contributed by atoms with Crippen LogP contribution in [0.5, 0.6) is 17.2 Å². The van der Waals surface area contributed by atoms with Gasteiger partial charge in [-0.25, -0.2) is 4.79 Å². The molecule has 0 aromatic heterocycles. The van der Waals surface area contributed by atoms with E-state index in [0.717, 1.165) is 0 Å². The molecule has 19 heteroatoms. The zero-order chi connectivity index (χ0) is 47.5. The fourth-order valence-corrected chi connectivity index (χ4v) is 9.83. The summed E-state index contributed by atoms with van der Waals surface area (Å²) in [6, 6.07) is 8.63. The van der Waals surface area contributed by atoms with Crippen LogP contribution in [0.1, 0.15) is 43.1 Å². The highest BCUT2D eigenvalue weighted by molar-refractivity contribution is 5.94. The molecule has 8 rings (SSSR count). The number of methoxy groups -OCH3 is 4. The molecule has 8 N–H and O–H groups in total. The average Bonchev–Trinajstić information content (AvgIpc) is 3.89. The molecule has 3 aliphatic carbocycles. The number of carbonyl (C=O) groups is 3. The van der Waals surface area contributed by atoms with Gasteiger partial charge in [-0.05, 0) is 49.1 Å². The summed E-state index contributed by atoms with van der Waals surface area (Å²) < 4.78 is 60.7. The van der Waals surface area contributed by atoms with E-state index in [9.17, 15) is 24.6 Å². The number of aliphatic hydroxyl groups excluding tert-OH is 1. The summed E-state index contributed by atoms with van der Waals surface area (Å²) in [6.07, 6.45) is 6.44. The second kappa shape index (κ2) is 20.1. The minimum absolute atomic E-state index is 0.0815. The van der Waals surface area contributed by atoms with Crippen LogP contribution in [-0.2, 0) is 48.3 Å². The van der Waals surface area contributed by atoms with Gasteiger partial charge in [0.05, 0.1) is 57.8 Å². The molecule has 0 bridgehead atoms. The Hall–Kier alpha value is -5.95. The molecule has 6 aliphatic rings. The Morgan fingerprint density at radius 1 is 0.970 bits per heavy atom. The van der Waals surface area contributed by atoms with Gasteiger partial charge in [0.15, 0.2) is 17.5 Å². The molecule has 19 nitrogen and oxygen atoms in total. The van der Waals surface area contributed by atoms with E-state index in [-0.39, 0.29) is 41.9 Å². The molecule has 0 radical (unpaired) electrons. The zero-order valence-electron chi connectivity index (χ0n) is 37.5. The van der Waals surface area contributed by atoms with Crippen LogP contribution in [0.3, 0.4) is 0 Å². The van der Waals surface area contributed by atoms with Gasteiger partial charge in [0.1, 0.15) is 35.6 Å². The first-order valence-electron chi connectivity index (χ1n) is 22.0. The lowest BCUT2D eigenvalue weighted by atomic mass is 9.66. The molecule has 2 aromatic rings. The maximum absolute atomic E-state index is 13.8. The number of allylic oxidation sites excluding steroid dienone is 7. The van der Waals surface area contributed by atoms with Gasteiger partial charge < -0.3 is 79.7 Å². The van der Waals surface area contributed by atoms with Gasteiger partial charge in [-0.2, -0.15) is 0 Å². The van der Waals surface area contributed by atoms with E-state index in [1.54, 1.807) is 67.8 Å². The first-order chi connectivity index (χ1) is 32.4. The van der Waals surface area contributed by atoms with Gasteiger partial charge in [-0.3, -0.25) is 9.59 Å². The van der Waals surface area contributed by atoms with Gasteiger partial charge in [0, 0.05) is 55.3 Å². The SMILES string of the molecule is COC(=O)[C@@H]1C(C2C#CC=CC=C2)[C@]2(C3=CC=C(OC)CC3)Oc3cc(O[C@@H]4O[C@@H]([C@H]5COC(c6ccc(NC(=O)[C@@H](N)CCCNC(N)=O)cc6)O5)CO[C@H]4OC)cc(OC)c3[C@]2(O)[C@@H]1O. The number of aliphatic hydroxyl groups is 2. The van der Waals surface area contributed by atoms with E-state index in [0.29, 0.717) is 54.8 Å². The van der Waals surface area contributed by atoms with Crippen molar-refractivity contribution in [2.24, 2.45) is 29.2 Å². The third-order valence-corrected chi connectivity index (χ3v) is 13.0. The number of hydrogen-bond acceptors (Lipinski definition) is 16. The molecule has 3 aliphatic heterocycles. The number of ether oxygens (including phenoxy) is 10. The molecule has 12 atom stereocenters. The average molecular weight is 929 g/mol. The van der Waals surface area contributed by atoms with Crippen LogP contribution in [0.2, 0.25) is 0 Å². The van der Waals surface area contributed by atoms with Crippen molar-refractivity contribution in [3.05, 3.63) is 95.3 Å². The van der Waals surface area contributed by atoms with Crippen LogP contribution in [0.4, 0.5) is 10.5 Å². The molecule has 1 saturated carbocycles. The molecular weight excluding hydrogens is 873 g/mol. The van der Waals surface area contributed by atoms with Gasteiger partial charge in [-0.15, -0.1) is 0 Å². The number of rotatable bonds is 16. The maximum atomic E-state index is 13.8. The number of amides is 3. The first kappa shape index (κ1) is 47.5. The van der Waals surface area contributed by atoms with Crippen LogP contribution >= 0.6 is 0 Å². The van der Waals surface area contributed by atoms with Gasteiger partial charge in [0.25, 0.3) is 6.29 Å². The third kappa shape index (κ3) is 8.99. The third-order valence-electron chi connectivity index (χ3n) is 13.0. The number of anilines is 1. The van der Waals surface area contributed by atoms with Crippen LogP contribution in [-0.4, -0.2) is 119 Å². The van der Waals surface area contributed by atoms with E-state index >= 15 is 0 Å². The summed E-state index contributed by atoms with van der Waals surface area (Å²) >= 11 is 0. The second-order valence-corrected chi connectivity index (χ2v) is 16.8. The minimum Gasteiger partial charge on any atom is -0.501 e. The van der Waals surface area contributed by atoms with E-state index in [1.807, 2.05) is 6.08 Å². The molecule has 3 unspecified atom stereocenters. The number of nitrogens with two attached hydrogens (primary N) is 2. The Morgan fingerprint density at radius 2 is 1.75 bits per heavy atom. The molecule has 358 valence electrons. The van der Waals surface area contributed by atoms with Crippen molar-refractivity contribution in [2.45, 2.75) is 80.1 Å². The normalized spacial score (nSPS) is 31.9.